The smallest absolute Gasteiger partial charge is 0.416 e. The number of aromatic nitrogens is 1. The number of halogens is 3. The Kier molecular flexibility index (Phi) is 6.58. The molecule has 0 radical (unpaired) electrons. The molecular formula is C29H21F3N2O4S2. The van der Waals surface area contributed by atoms with Crippen LogP contribution < -0.4 is 14.5 Å². The fourth-order valence-electron chi connectivity index (χ4n) is 5.14. The van der Waals surface area contributed by atoms with Gasteiger partial charge in [-0.05, 0) is 36.8 Å². The van der Waals surface area contributed by atoms with Gasteiger partial charge in [0.05, 0.1) is 22.2 Å². The van der Waals surface area contributed by atoms with Gasteiger partial charge < -0.3 is 9.72 Å². The number of imide groups is 1. The summed E-state index contributed by atoms with van der Waals surface area (Å²) in [4.78, 5) is 43.8. The van der Waals surface area contributed by atoms with E-state index in [1.807, 2.05) is 31.2 Å². The van der Waals surface area contributed by atoms with Crippen molar-refractivity contribution in [1.29, 1.82) is 0 Å². The Morgan fingerprint density at radius 3 is 2.45 bits per heavy atom. The van der Waals surface area contributed by atoms with Gasteiger partial charge in [-0.3, -0.25) is 14.4 Å². The fraction of sp³-hybridized carbons (Fsp3) is 0.207. The SMILES string of the molecule is Cc1ccc(COc2ccccc2C2c3sc(=O)[nH]c3SC3C(=O)N(c4cccc(C(F)(F)F)c4)C(=O)C32)cc1. The van der Waals surface area contributed by atoms with Crippen LogP contribution in [0.5, 0.6) is 5.75 Å². The average molecular weight is 583 g/mol. The Balaban J connectivity index is 1.41. The van der Waals surface area contributed by atoms with E-state index >= 15 is 0 Å². The molecule has 1 fully saturated rings. The summed E-state index contributed by atoms with van der Waals surface area (Å²) in [6.45, 7) is 2.24. The molecule has 3 heterocycles. The largest absolute Gasteiger partial charge is 0.489 e. The molecule has 0 spiro atoms. The predicted octanol–water partition coefficient (Wildman–Crippen LogP) is 6.14. The van der Waals surface area contributed by atoms with E-state index in [1.165, 1.54) is 12.1 Å². The molecule has 3 atom stereocenters. The molecule has 2 aliphatic heterocycles. The van der Waals surface area contributed by atoms with E-state index in [0.717, 1.165) is 51.3 Å². The first kappa shape index (κ1) is 26.4. The number of carbonyl (C=O) groups excluding carboxylic acids is 2. The third kappa shape index (κ3) is 4.62. The zero-order chi connectivity index (χ0) is 28.2. The topological polar surface area (TPSA) is 79.5 Å². The van der Waals surface area contributed by atoms with Crippen LogP contribution in [0.2, 0.25) is 0 Å². The van der Waals surface area contributed by atoms with E-state index in [2.05, 4.69) is 4.98 Å². The summed E-state index contributed by atoms with van der Waals surface area (Å²) in [5, 5.41) is -0.462. The molecule has 1 N–H and O–H groups in total. The van der Waals surface area contributed by atoms with Crippen LogP contribution in [0.4, 0.5) is 18.9 Å². The quantitative estimate of drug-likeness (QED) is 0.286. The molecule has 0 bridgehead atoms. The number of benzene rings is 3. The van der Waals surface area contributed by atoms with E-state index in [9.17, 15) is 27.6 Å². The Hall–Kier alpha value is -3.83. The van der Waals surface area contributed by atoms with Gasteiger partial charge in [0.2, 0.25) is 11.8 Å². The molecule has 2 amide bonds. The lowest BCUT2D eigenvalue weighted by Gasteiger charge is -2.30. The maximum atomic E-state index is 13.9. The van der Waals surface area contributed by atoms with Crippen molar-refractivity contribution in [1.82, 2.24) is 4.98 Å². The Bertz CT molecular complexity index is 1680. The van der Waals surface area contributed by atoms with Crippen molar-refractivity contribution in [3.63, 3.8) is 0 Å². The van der Waals surface area contributed by atoms with E-state index in [-0.39, 0.29) is 17.2 Å². The summed E-state index contributed by atoms with van der Waals surface area (Å²) >= 11 is 2.02. The predicted molar refractivity (Wildman–Crippen MR) is 146 cm³/mol. The van der Waals surface area contributed by atoms with Crippen LogP contribution in [-0.4, -0.2) is 22.0 Å². The molecule has 0 aliphatic carbocycles. The zero-order valence-corrected chi connectivity index (χ0v) is 22.5. The van der Waals surface area contributed by atoms with Crippen molar-refractivity contribution in [3.8, 4) is 5.75 Å². The number of thioether (sulfide) groups is 1. The lowest BCUT2D eigenvalue weighted by atomic mass is 9.82. The molecule has 1 aromatic heterocycles. The van der Waals surface area contributed by atoms with Crippen LogP contribution in [0, 0.1) is 12.8 Å². The van der Waals surface area contributed by atoms with Crippen molar-refractivity contribution >= 4 is 40.6 Å². The lowest BCUT2D eigenvalue weighted by molar-refractivity contribution is -0.137. The van der Waals surface area contributed by atoms with Crippen LogP contribution in [0.3, 0.4) is 0 Å². The van der Waals surface area contributed by atoms with Crippen LogP contribution in [0.15, 0.2) is 82.6 Å². The van der Waals surface area contributed by atoms with Crippen LogP contribution in [0.25, 0.3) is 0 Å². The van der Waals surface area contributed by atoms with Crippen molar-refractivity contribution in [2.45, 2.75) is 35.9 Å². The second kappa shape index (κ2) is 9.97. The van der Waals surface area contributed by atoms with Crippen molar-refractivity contribution in [2.75, 3.05) is 4.90 Å². The number of thiazole rings is 1. The summed E-state index contributed by atoms with van der Waals surface area (Å²) in [7, 11) is 0. The van der Waals surface area contributed by atoms with Crippen molar-refractivity contribution in [2.24, 2.45) is 5.92 Å². The van der Waals surface area contributed by atoms with Gasteiger partial charge in [-0.2, -0.15) is 13.2 Å². The normalized spacial score (nSPS) is 20.4. The Labute approximate surface area is 234 Å². The van der Waals surface area contributed by atoms with Gasteiger partial charge in [0.25, 0.3) is 0 Å². The summed E-state index contributed by atoms with van der Waals surface area (Å²) < 4.78 is 46.5. The van der Waals surface area contributed by atoms with Gasteiger partial charge in [0, 0.05) is 16.4 Å². The number of nitrogens with zero attached hydrogens (tertiary/aromatic N) is 1. The number of ether oxygens (including phenoxy) is 1. The van der Waals surface area contributed by atoms with Gasteiger partial charge in [0.15, 0.2) is 0 Å². The highest BCUT2D eigenvalue weighted by molar-refractivity contribution is 8.00. The number of hydrogen-bond acceptors (Lipinski definition) is 6. The molecule has 3 aromatic carbocycles. The fourth-order valence-corrected chi connectivity index (χ4v) is 7.65. The molecule has 40 heavy (non-hydrogen) atoms. The molecule has 6 nitrogen and oxygen atoms in total. The average Bonchev–Trinajstić information content (AvgIpc) is 3.42. The standard InChI is InChI=1S/C29H21F3N2O4S2/c1-15-9-11-16(12-10-15)14-38-20-8-3-2-7-19(20)21-22-24(39-25-23(21)40-28(37)33-25)27(36)34(26(22)35)18-6-4-5-17(13-18)29(30,31)32/h2-13,21-22,24H,14H2,1H3,(H,33,37). The number of anilines is 1. The maximum absolute atomic E-state index is 13.9. The van der Waals surface area contributed by atoms with E-state index in [0.29, 0.717) is 21.2 Å². The number of rotatable bonds is 5. The van der Waals surface area contributed by atoms with Crippen LogP contribution in [-0.2, 0) is 22.4 Å². The number of nitrogens with one attached hydrogen (secondary N) is 1. The first-order valence-electron chi connectivity index (χ1n) is 12.3. The number of alkyl halides is 3. The van der Waals surface area contributed by atoms with Crippen molar-refractivity contribution < 1.29 is 27.5 Å². The first-order chi connectivity index (χ1) is 19.1. The number of para-hydroxylation sites is 1. The molecule has 3 unspecified atom stereocenters. The number of aromatic amines is 1. The van der Waals surface area contributed by atoms with Crippen molar-refractivity contribution in [3.05, 3.63) is 110 Å². The number of fused-ring (bicyclic) bond motifs is 2. The molecule has 11 heteroatoms. The first-order valence-corrected chi connectivity index (χ1v) is 14.0. The molecule has 4 aromatic rings. The minimum atomic E-state index is -4.64. The molecule has 0 saturated carbocycles. The lowest BCUT2D eigenvalue weighted by Crippen LogP contribution is -2.32. The van der Waals surface area contributed by atoms with E-state index in [1.54, 1.807) is 24.3 Å². The number of carbonyl (C=O) groups is 2. The molecule has 6 rings (SSSR count). The zero-order valence-electron chi connectivity index (χ0n) is 20.9. The van der Waals surface area contributed by atoms with Gasteiger partial charge in [-0.15, -0.1) is 0 Å². The third-order valence-corrected chi connectivity index (χ3v) is 9.43. The second-order valence-electron chi connectivity index (χ2n) is 9.62. The third-order valence-electron chi connectivity index (χ3n) is 7.02. The van der Waals surface area contributed by atoms with Gasteiger partial charge in [-0.1, -0.05) is 77.2 Å². The summed E-state index contributed by atoms with van der Waals surface area (Å²) in [5.41, 5.74) is 1.57. The number of aryl methyl sites for hydroxylation is 1. The minimum Gasteiger partial charge on any atom is -0.489 e. The Morgan fingerprint density at radius 1 is 0.950 bits per heavy atom. The van der Waals surface area contributed by atoms with E-state index in [4.69, 9.17) is 4.74 Å². The number of amides is 2. The highest BCUT2D eigenvalue weighted by atomic mass is 32.2. The molecule has 204 valence electrons. The van der Waals surface area contributed by atoms with Crippen LogP contribution in [0.1, 0.15) is 33.0 Å². The molecule has 1 saturated heterocycles. The van der Waals surface area contributed by atoms with Gasteiger partial charge in [-0.25, -0.2) is 4.90 Å². The number of hydrogen-bond donors (Lipinski definition) is 1. The second-order valence-corrected chi connectivity index (χ2v) is 11.8. The molecular weight excluding hydrogens is 561 g/mol. The van der Waals surface area contributed by atoms with Gasteiger partial charge >= 0.3 is 11.0 Å². The van der Waals surface area contributed by atoms with E-state index < -0.39 is 40.6 Å². The number of H-pyrrole nitrogens is 1. The summed E-state index contributed by atoms with van der Waals surface area (Å²) in [6, 6.07) is 19.2. The summed E-state index contributed by atoms with van der Waals surface area (Å²) in [6.07, 6.45) is -4.64. The summed E-state index contributed by atoms with van der Waals surface area (Å²) in [5.74, 6) is -2.42. The van der Waals surface area contributed by atoms with Gasteiger partial charge in [0.1, 0.15) is 17.6 Å². The highest BCUT2D eigenvalue weighted by Gasteiger charge is 2.57. The minimum absolute atomic E-state index is 0.140. The maximum Gasteiger partial charge on any atom is 0.416 e. The Morgan fingerprint density at radius 2 is 1.70 bits per heavy atom. The monoisotopic (exact) mass is 582 g/mol. The van der Waals surface area contributed by atoms with Crippen LogP contribution >= 0.6 is 23.1 Å². The molecule has 2 aliphatic rings. The highest BCUT2D eigenvalue weighted by Crippen LogP contribution is 2.54.